The molecule has 1 atom stereocenters. The number of rotatable bonds is 4. The van der Waals surface area contributed by atoms with Crippen LogP contribution in [0.2, 0.25) is 0 Å². The zero-order valence-corrected chi connectivity index (χ0v) is 9.86. The summed E-state index contributed by atoms with van der Waals surface area (Å²) in [5, 5.41) is 8.97. The van der Waals surface area contributed by atoms with Crippen LogP contribution < -0.4 is 0 Å². The molecule has 0 amide bonds. The molecule has 0 heterocycles. The maximum atomic E-state index is 10.9. The lowest BCUT2D eigenvalue weighted by atomic mass is 9.87. The number of hydrogen-bond donors (Lipinski definition) is 1. The number of hydrogen-bond acceptors (Lipinski definition) is 1. The highest BCUT2D eigenvalue weighted by Gasteiger charge is 2.34. The van der Waals surface area contributed by atoms with Gasteiger partial charge < -0.3 is 5.11 Å². The van der Waals surface area contributed by atoms with Crippen LogP contribution in [0.3, 0.4) is 0 Å². The highest BCUT2D eigenvalue weighted by molar-refractivity contribution is 5.68. The standard InChI is InChI=1S/C14H18O2/c1-9-3-6-12(10(2)7-9)13(8-14(15)16)11-4-5-11/h3,6-7,11,13H,4-5,8H2,1-2H3,(H,15,16). The number of aliphatic carboxylic acids is 1. The molecule has 2 heteroatoms. The largest absolute Gasteiger partial charge is 0.481 e. The molecule has 0 radical (unpaired) electrons. The summed E-state index contributed by atoms with van der Waals surface area (Å²) in [5.74, 6) is 0.132. The Morgan fingerprint density at radius 3 is 2.62 bits per heavy atom. The van der Waals surface area contributed by atoms with Gasteiger partial charge in [0.05, 0.1) is 6.42 Å². The molecule has 0 spiro atoms. The molecule has 1 unspecified atom stereocenters. The van der Waals surface area contributed by atoms with Gasteiger partial charge in [0.2, 0.25) is 0 Å². The second-order valence-corrected chi connectivity index (χ2v) is 4.90. The number of carboxylic acids is 1. The average molecular weight is 218 g/mol. The van der Waals surface area contributed by atoms with Crippen LogP contribution in [-0.2, 0) is 4.79 Å². The third kappa shape index (κ3) is 2.43. The fourth-order valence-corrected chi connectivity index (χ4v) is 2.46. The van der Waals surface area contributed by atoms with Crippen molar-refractivity contribution in [2.45, 2.75) is 39.0 Å². The van der Waals surface area contributed by atoms with Crippen molar-refractivity contribution >= 4 is 5.97 Å². The first-order valence-electron chi connectivity index (χ1n) is 5.87. The molecule has 86 valence electrons. The summed E-state index contributed by atoms with van der Waals surface area (Å²) in [7, 11) is 0. The Labute approximate surface area is 96.3 Å². The molecule has 1 fully saturated rings. The van der Waals surface area contributed by atoms with E-state index in [0.717, 1.165) is 0 Å². The van der Waals surface area contributed by atoms with Gasteiger partial charge in [-0.15, -0.1) is 0 Å². The molecule has 0 saturated heterocycles. The van der Waals surface area contributed by atoms with Crippen LogP contribution in [0.1, 0.15) is 41.9 Å². The minimum Gasteiger partial charge on any atom is -0.481 e. The fraction of sp³-hybridized carbons (Fsp3) is 0.500. The molecule has 1 N–H and O–H groups in total. The van der Waals surface area contributed by atoms with E-state index >= 15 is 0 Å². The van der Waals surface area contributed by atoms with Crippen LogP contribution in [0.4, 0.5) is 0 Å². The summed E-state index contributed by atoms with van der Waals surface area (Å²) in [6.45, 7) is 4.15. The van der Waals surface area contributed by atoms with Crippen LogP contribution in [-0.4, -0.2) is 11.1 Å². The second kappa shape index (κ2) is 4.28. The molecule has 0 bridgehead atoms. The van der Waals surface area contributed by atoms with E-state index in [2.05, 4.69) is 32.0 Å². The molecule has 0 aromatic heterocycles. The summed E-state index contributed by atoms with van der Waals surface area (Å²) in [6, 6.07) is 6.34. The van der Waals surface area contributed by atoms with Crippen LogP contribution in [0.5, 0.6) is 0 Å². The molecular weight excluding hydrogens is 200 g/mol. The van der Waals surface area contributed by atoms with E-state index in [-0.39, 0.29) is 12.3 Å². The molecule has 1 aliphatic rings. The van der Waals surface area contributed by atoms with Gasteiger partial charge in [-0.05, 0) is 49.7 Å². The minimum atomic E-state index is -0.683. The smallest absolute Gasteiger partial charge is 0.303 e. The topological polar surface area (TPSA) is 37.3 Å². The summed E-state index contributed by atoms with van der Waals surface area (Å²) < 4.78 is 0. The number of carboxylic acid groups (broad SMARTS) is 1. The van der Waals surface area contributed by atoms with Gasteiger partial charge in [0.25, 0.3) is 0 Å². The fourth-order valence-electron chi connectivity index (χ4n) is 2.46. The van der Waals surface area contributed by atoms with Crippen LogP contribution in [0.25, 0.3) is 0 Å². The molecule has 1 saturated carbocycles. The first-order chi connectivity index (χ1) is 7.58. The van der Waals surface area contributed by atoms with Crippen LogP contribution >= 0.6 is 0 Å². The van der Waals surface area contributed by atoms with E-state index in [9.17, 15) is 4.79 Å². The van der Waals surface area contributed by atoms with Crippen molar-refractivity contribution in [1.82, 2.24) is 0 Å². The normalized spacial score (nSPS) is 17.1. The number of aryl methyl sites for hydroxylation is 2. The van der Waals surface area contributed by atoms with E-state index < -0.39 is 5.97 Å². The summed E-state index contributed by atoms with van der Waals surface area (Å²) in [6.07, 6.45) is 2.64. The lowest BCUT2D eigenvalue weighted by Crippen LogP contribution is -2.09. The van der Waals surface area contributed by atoms with Crippen molar-refractivity contribution in [1.29, 1.82) is 0 Å². The molecule has 1 aliphatic carbocycles. The molecule has 16 heavy (non-hydrogen) atoms. The van der Waals surface area contributed by atoms with Crippen LogP contribution in [0.15, 0.2) is 18.2 Å². The Hall–Kier alpha value is -1.31. The number of benzene rings is 1. The predicted octanol–water partition coefficient (Wildman–Crippen LogP) is 3.27. The summed E-state index contributed by atoms with van der Waals surface area (Å²) in [4.78, 5) is 10.9. The Bertz CT molecular complexity index is 405. The van der Waals surface area contributed by atoms with Gasteiger partial charge in [0.15, 0.2) is 0 Å². The van der Waals surface area contributed by atoms with Crippen molar-refractivity contribution in [3.63, 3.8) is 0 Å². The molecule has 1 aromatic rings. The Kier molecular flexibility index (Phi) is 2.99. The Morgan fingerprint density at radius 2 is 2.12 bits per heavy atom. The van der Waals surface area contributed by atoms with Gasteiger partial charge in [-0.25, -0.2) is 0 Å². The Morgan fingerprint density at radius 1 is 1.44 bits per heavy atom. The van der Waals surface area contributed by atoms with Gasteiger partial charge in [-0.2, -0.15) is 0 Å². The second-order valence-electron chi connectivity index (χ2n) is 4.90. The van der Waals surface area contributed by atoms with Crippen molar-refractivity contribution in [2.75, 3.05) is 0 Å². The third-order valence-corrected chi connectivity index (χ3v) is 3.41. The van der Waals surface area contributed by atoms with E-state index in [1.54, 1.807) is 0 Å². The van der Waals surface area contributed by atoms with Crippen molar-refractivity contribution in [3.05, 3.63) is 34.9 Å². The molecule has 2 rings (SSSR count). The molecular formula is C14H18O2. The van der Waals surface area contributed by atoms with Gasteiger partial charge in [0.1, 0.15) is 0 Å². The van der Waals surface area contributed by atoms with Crippen LogP contribution in [0, 0.1) is 19.8 Å². The van der Waals surface area contributed by atoms with Gasteiger partial charge >= 0.3 is 5.97 Å². The first-order valence-corrected chi connectivity index (χ1v) is 5.87. The van der Waals surface area contributed by atoms with Crippen molar-refractivity contribution < 1.29 is 9.90 Å². The molecule has 1 aromatic carbocycles. The minimum absolute atomic E-state index is 0.220. The monoisotopic (exact) mass is 218 g/mol. The maximum Gasteiger partial charge on any atom is 0.303 e. The van der Waals surface area contributed by atoms with E-state index in [4.69, 9.17) is 5.11 Å². The lowest BCUT2D eigenvalue weighted by Gasteiger charge is -2.17. The van der Waals surface area contributed by atoms with E-state index in [0.29, 0.717) is 5.92 Å². The van der Waals surface area contributed by atoms with Crippen molar-refractivity contribution in [3.8, 4) is 0 Å². The summed E-state index contributed by atoms with van der Waals surface area (Å²) >= 11 is 0. The van der Waals surface area contributed by atoms with Gasteiger partial charge in [-0.1, -0.05) is 23.8 Å². The maximum absolute atomic E-state index is 10.9. The van der Waals surface area contributed by atoms with Gasteiger partial charge in [-0.3, -0.25) is 4.79 Å². The quantitative estimate of drug-likeness (QED) is 0.842. The van der Waals surface area contributed by atoms with E-state index in [1.807, 2.05) is 0 Å². The molecule has 0 aliphatic heterocycles. The average Bonchev–Trinajstić information content (AvgIpc) is 2.97. The van der Waals surface area contributed by atoms with Crippen molar-refractivity contribution in [2.24, 2.45) is 5.92 Å². The highest BCUT2D eigenvalue weighted by Crippen LogP contribution is 2.45. The SMILES string of the molecule is Cc1ccc(C(CC(=O)O)C2CC2)c(C)c1. The third-order valence-electron chi connectivity index (χ3n) is 3.41. The van der Waals surface area contributed by atoms with Gasteiger partial charge in [0, 0.05) is 0 Å². The first kappa shape index (κ1) is 11.2. The molecule has 2 nitrogen and oxygen atoms in total. The Balaban J connectivity index is 2.27. The van der Waals surface area contributed by atoms with E-state index in [1.165, 1.54) is 29.5 Å². The predicted molar refractivity (Wildman–Crippen MR) is 63.6 cm³/mol. The lowest BCUT2D eigenvalue weighted by molar-refractivity contribution is -0.137. The highest BCUT2D eigenvalue weighted by atomic mass is 16.4. The zero-order valence-electron chi connectivity index (χ0n) is 9.86. The number of carbonyl (C=O) groups is 1. The summed E-state index contributed by atoms with van der Waals surface area (Å²) in [5.41, 5.74) is 3.71. The zero-order chi connectivity index (χ0) is 11.7.